The molecule has 1 heterocycles. The summed E-state index contributed by atoms with van der Waals surface area (Å²) >= 11 is 0. The van der Waals surface area contributed by atoms with Gasteiger partial charge in [0.15, 0.2) is 0 Å². The largest absolute Gasteiger partial charge is 0.489 e. The Morgan fingerprint density at radius 1 is 1.00 bits per heavy atom. The number of fused-ring (bicyclic) bond motifs is 3. The first-order valence-electron chi connectivity index (χ1n) is 9.99. The van der Waals surface area contributed by atoms with Crippen molar-refractivity contribution in [3.63, 3.8) is 0 Å². The molecule has 1 aliphatic carbocycles. The maximum absolute atomic E-state index is 12.8. The molecule has 0 radical (unpaired) electrons. The molecule has 4 heteroatoms. The van der Waals surface area contributed by atoms with Gasteiger partial charge in [0.05, 0.1) is 0 Å². The van der Waals surface area contributed by atoms with Crippen LogP contribution in [0.1, 0.15) is 28.8 Å². The molecule has 2 bridgehead atoms. The summed E-state index contributed by atoms with van der Waals surface area (Å²) in [6.45, 7) is 1.56. The fourth-order valence-electron chi connectivity index (χ4n) is 4.46. The molecule has 142 valence electrons. The number of carbonyl (C=O) groups excluding carboxylic acids is 1. The Kier molecular flexibility index (Phi) is 4.49. The van der Waals surface area contributed by atoms with E-state index in [0.29, 0.717) is 30.2 Å². The minimum atomic E-state index is 0.0232. The average Bonchev–Trinajstić information content (AvgIpc) is 3.35. The quantitative estimate of drug-likeness (QED) is 0.714. The van der Waals surface area contributed by atoms with E-state index in [1.165, 1.54) is 6.42 Å². The SMILES string of the molecule is O=C(NC1CC2CC1CN2)c1ccc2ccc(OCc3ccccc3)cc2c1. The van der Waals surface area contributed by atoms with Crippen LogP contribution in [0.3, 0.4) is 0 Å². The number of carbonyl (C=O) groups is 1. The van der Waals surface area contributed by atoms with Gasteiger partial charge in [-0.05, 0) is 59.4 Å². The Labute approximate surface area is 164 Å². The second kappa shape index (κ2) is 7.28. The monoisotopic (exact) mass is 372 g/mol. The summed E-state index contributed by atoms with van der Waals surface area (Å²) in [5.74, 6) is 1.41. The zero-order valence-electron chi connectivity index (χ0n) is 15.7. The Bertz CT molecular complexity index is 1000. The number of piperidine rings is 1. The topological polar surface area (TPSA) is 50.4 Å². The molecular formula is C24H24N2O2. The lowest BCUT2D eigenvalue weighted by Crippen LogP contribution is -2.44. The van der Waals surface area contributed by atoms with Crippen LogP contribution < -0.4 is 15.4 Å². The maximum Gasteiger partial charge on any atom is 0.251 e. The molecule has 0 aromatic heterocycles. The predicted molar refractivity (Wildman–Crippen MR) is 110 cm³/mol. The van der Waals surface area contributed by atoms with E-state index in [1.54, 1.807) is 0 Å². The fourth-order valence-corrected chi connectivity index (χ4v) is 4.46. The highest BCUT2D eigenvalue weighted by atomic mass is 16.5. The molecule has 4 nitrogen and oxygen atoms in total. The van der Waals surface area contributed by atoms with Gasteiger partial charge in [-0.2, -0.15) is 0 Å². The van der Waals surface area contributed by atoms with Gasteiger partial charge in [0.25, 0.3) is 5.91 Å². The number of rotatable bonds is 5. The van der Waals surface area contributed by atoms with Gasteiger partial charge in [-0.3, -0.25) is 4.79 Å². The van der Waals surface area contributed by atoms with Gasteiger partial charge in [-0.1, -0.05) is 42.5 Å². The van der Waals surface area contributed by atoms with Crippen LogP contribution in [0.4, 0.5) is 0 Å². The zero-order valence-corrected chi connectivity index (χ0v) is 15.7. The number of hydrogen-bond acceptors (Lipinski definition) is 3. The predicted octanol–water partition coefficient (Wildman–Crippen LogP) is 3.90. The van der Waals surface area contributed by atoms with Crippen LogP contribution >= 0.6 is 0 Å². The van der Waals surface area contributed by atoms with Crippen molar-refractivity contribution in [3.05, 3.63) is 77.9 Å². The first-order valence-corrected chi connectivity index (χ1v) is 9.99. The summed E-state index contributed by atoms with van der Waals surface area (Å²) in [6.07, 6.45) is 2.23. The lowest BCUT2D eigenvalue weighted by molar-refractivity contribution is 0.0925. The van der Waals surface area contributed by atoms with Crippen LogP contribution in [0.25, 0.3) is 10.8 Å². The summed E-state index contributed by atoms with van der Waals surface area (Å²) in [4.78, 5) is 12.8. The summed E-state index contributed by atoms with van der Waals surface area (Å²) < 4.78 is 5.93. The van der Waals surface area contributed by atoms with Gasteiger partial charge in [0.1, 0.15) is 12.4 Å². The molecule has 3 atom stereocenters. The molecule has 3 unspecified atom stereocenters. The molecule has 3 aromatic rings. The van der Waals surface area contributed by atoms with Crippen molar-refractivity contribution in [2.24, 2.45) is 5.92 Å². The van der Waals surface area contributed by atoms with Crippen LogP contribution in [-0.2, 0) is 6.61 Å². The van der Waals surface area contributed by atoms with Crippen LogP contribution in [0.15, 0.2) is 66.7 Å². The van der Waals surface area contributed by atoms with E-state index >= 15 is 0 Å². The van der Waals surface area contributed by atoms with E-state index in [0.717, 1.165) is 35.1 Å². The second-order valence-electron chi connectivity index (χ2n) is 7.91. The number of ether oxygens (including phenoxy) is 1. The van der Waals surface area contributed by atoms with Crippen LogP contribution in [0.2, 0.25) is 0 Å². The van der Waals surface area contributed by atoms with Crippen LogP contribution in [-0.4, -0.2) is 24.5 Å². The van der Waals surface area contributed by atoms with Crippen molar-refractivity contribution in [2.75, 3.05) is 6.54 Å². The molecular weight excluding hydrogens is 348 g/mol. The normalized spacial score (nSPS) is 23.1. The summed E-state index contributed by atoms with van der Waals surface area (Å²) in [5, 5.41) is 8.86. The highest BCUT2D eigenvalue weighted by molar-refractivity contribution is 5.99. The number of nitrogens with one attached hydrogen (secondary N) is 2. The first-order chi connectivity index (χ1) is 13.7. The Morgan fingerprint density at radius 3 is 2.64 bits per heavy atom. The first kappa shape index (κ1) is 17.3. The van der Waals surface area contributed by atoms with E-state index in [-0.39, 0.29) is 5.91 Å². The van der Waals surface area contributed by atoms with Crippen molar-refractivity contribution in [3.8, 4) is 5.75 Å². The van der Waals surface area contributed by atoms with Crippen molar-refractivity contribution in [2.45, 2.75) is 31.5 Å². The molecule has 1 aliphatic heterocycles. The third-order valence-corrected chi connectivity index (χ3v) is 6.00. The highest BCUT2D eigenvalue weighted by Crippen LogP contribution is 2.31. The Balaban J connectivity index is 1.30. The zero-order chi connectivity index (χ0) is 18.9. The van der Waals surface area contributed by atoms with Crippen molar-refractivity contribution in [1.82, 2.24) is 10.6 Å². The van der Waals surface area contributed by atoms with Gasteiger partial charge < -0.3 is 15.4 Å². The Hall–Kier alpha value is -2.85. The number of benzene rings is 3. The minimum absolute atomic E-state index is 0.0232. The van der Waals surface area contributed by atoms with Gasteiger partial charge in [0.2, 0.25) is 0 Å². The van der Waals surface area contributed by atoms with Gasteiger partial charge in [-0.15, -0.1) is 0 Å². The van der Waals surface area contributed by atoms with Crippen LogP contribution in [0, 0.1) is 5.92 Å². The lowest BCUT2D eigenvalue weighted by Gasteiger charge is -2.23. The molecule has 0 spiro atoms. The van der Waals surface area contributed by atoms with Gasteiger partial charge in [-0.25, -0.2) is 0 Å². The Morgan fingerprint density at radius 2 is 1.86 bits per heavy atom. The highest BCUT2D eigenvalue weighted by Gasteiger charge is 2.40. The molecule has 2 N–H and O–H groups in total. The van der Waals surface area contributed by atoms with E-state index < -0.39 is 0 Å². The molecule has 1 saturated heterocycles. The smallest absolute Gasteiger partial charge is 0.251 e. The maximum atomic E-state index is 12.8. The van der Waals surface area contributed by atoms with Gasteiger partial charge >= 0.3 is 0 Å². The second-order valence-corrected chi connectivity index (χ2v) is 7.91. The molecule has 3 aromatic carbocycles. The lowest BCUT2D eigenvalue weighted by atomic mass is 10.0. The summed E-state index contributed by atoms with van der Waals surface area (Å²) in [7, 11) is 0. The minimum Gasteiger partial charge on any atom is -0.489 e. The molecule has 2 aliphatic rings. The van der Waals surface area contributed by atoms with Crippen LogP contribution in [0.5, 0.6) is 5.75 Å². The van der Waals surface area contributed by atoms with Crippen molar-refractivity contribution >= 4 is 16.7 Å². The van der Waals surface area contributed by atoms with Gasteiger partial charge in [0, 0.05) is 24.2 Å². The van der Waals surface area contributed by atoms with E-state index in [9.17, 15) is 4.79 Å². The third kappa shape index (κ3) is 3.48. The van der Waals surface area contributed by atoms with Crippen molar-refractivity contribution < 1.29 is 9.53 Å². The van der Waals surface area contributed by atoms with E-state index in [2.05, 4.69) is 22.8 Å². The molecule has 1 saturated carbocycles. The summed E-state index contributed by atoms with van der Waals surface area (Å²) in [6, 6.07) is 22.9. The third-order valence-electron chi connectivity index (χ3n) is 6.00. The average molecular weight is 372 g/mol. The molecule has 5 rings (SSSR count). The fraction of sp³-hybridized carbons (Fsp3) is 0.292. The van der Waals surface area contributed by atoms with E-state index in [1.807, 2.05) is 54.6 Å². The number of hydrogen-bond donors (Lipinski definition) is 2. The number of amides is 1. The van der Waals surface area contributed by atoms with Crippen molar-refractivity contribution in [1.29, 1.82) is 0 Å². The standard InChI is InChI=1S/C24H24N2O2/c27-24(26-23-13-21-11-20(23)14-25-21)18-7-6-17-8-9-22(12-19(17)10-18)28-15-16-4-2-1-3-5-16/h1-10,12,20-21,23,25H,11,13-15H2,(H,26,27). The summed E-state index contributed by atoms with van der Waals surface area (Å²) in [5.41, 5.74) is 1.85. The molecule has 28 heavy (non-hydrogen) atoms. The van der Waals surface area contributed by atoms with E-state index in [4.69, 9.17) is 4.74 Å². The molecule has 1 amide bonds. The molecule has 2 fully saturated rings.